The monoisotopic (exact) mass is 524 g/mol. The van der Waals surface area contributed by atoms with E-state index in [-0.39, 0.29) is 5.41 Å². The lowest BCUT2D eigenvalue weighted by Crippen LogP contribution is -2.15. The predicted octanol–water partition coefficient (Wildman–Crippen LogP) is 10.1. The molecule has 6 aromatic carbocycles. The summed E-state index contributed by atoms with van der Waals surface area (Å²) in [6.07, 6.45) is 1.90. The summed E-state index contributed by atoms with van der Waals surface area (Å²) in [6.45, 7) is 6.86. The fourth-order valence-corrected chi connectivity index (χ4v) is 7.71. The van der Waals surface area contributed by atoms with Crippen LogP contribution < -0.4 is 5.73 Å². The quantitative estimate of drug-likeness (QED) is 0.171. The van der Waals surface area contributed by atoms with Crippen molar-refractivity contribution in [2.24, 2.45) is 0 Å². The number of nitrogens with zero attached hydrogens (tertiary/aromatic N) is 1. The third-order valence-electron chi connectivity index (χ3n) is 9.69. The molecule has 0 amide bonds. The highest BCUT2D eigenvalue weighted by Gasteiger charge is 2.36. The van der Waals surface area contributed by atoms with Crippen LogP contribution in [-0.4, -0.2) is 4.98 Å². The third-order valence-corrected chi connectivity index (χ3v) is 9.69. The molecule has 2 N–H and O–H groups in total. The van der Waals surface area contributed by atoms with Crippen molar-refractivity contribution in [1.82, 2.24) is 4.98 Å². The number of hydrogen-bond donors (Lipinski definition) is 1. The number of anilines is 1. The second-order valence-electron chi connectivity index (χ2n) is 12.3. The van der Waals surface area contributed by atoms with Gasteiger partial charge >= 0.3 is 0 Å². The van der Waals surface area contributed by atoms with E-state index in [0.717, 1.165) is 11.4 Å². The van der Waals surface area contributed by atoms with Crippen LogP contribution in [-0.2, 0) is 5.41 Å². The lowest BCUT2D eigenvalue weighted by Gasteiger charge is -2.22. The topological polar surface area (TPSA) is 38.9 Å². The Kier molecular flexibility index (Phi) is 4.24. The standard InChI is InChI=1S/C39H28N2/c1-21-10-13-27-32-19-29(22-11-14-28-35(17-22)39(2,3)34-9-6-16-41-38(28)34)30-18-23(40)12-15-25(30)31(32)20-33-24-7-4-5-8-26(24)36(21)37(27)33/h4-20H,40H2,1-3H3. The van der Waals surface area contributed by atoms with Gasteiger partial charge in [-0.25, -0.2) is 0 Å². The molecule has 2 nitrogen and oxygen atoms in total. The molecular formula is C39H28N2. The van der Waals surface area contributed by atoms with Gasteiger partial charge in [-0.2, -0.15) is 0 Å². The number of pyridine rings is 1. The van der Waals surface area contributed by atoms with Crippen molar-refractivity contribution in [3.8, 4) is 44.6 Å². The van der Waals surface area contributed by atoms with Gasteiger partial charge in [-0.15, -0.1) is 0 Å². The van der Waals surface area contributed by atoms with Gasteiger partial charge < -0.3 is 5.73 Å². The Bertz CT molecular complexity index is 2310. The second kappa shape index (κ2) is 7.62. The summed E-state index contributed by atoms with van der Waals surface area (Å²) in [7, 11) is 0. The van der Waals surface area contributed by atoms with Gasteiger partial charge in [0.05, 0.1) is 5.69 Å². The first kappa shape index (κ1) is 22.8. The van der Waals surface area contributed by atoms with Crippen LogP contribution in [0.1, 0.15) is 30.5 Å². The van der Waals surface area contributed by atoms with Gasteiger partial charge in [-0.1, -0.05) is 74.5 Å². The van der Waals surface area contributed by atoms with Crippen LogP contribution in [0.4, 0.5) is 5.69 Å². The van der Waals surface area contributed by atoms with Crippen LogP contribution in [0.3, 0.4) is 0 Å². The lowest BCUT2D eigenvalue weighted by molar-refractivity contribution is 0.659. The number of aryl methyl sites for hydroxylation is 1. The first-order chi connectivity index (χ1) is 19.9. The highest BCUT2D eigenvalue weighted by molar-refractivity contribution is 6.29. The van der Waals surface area contributed by atoms with E-state index in [4.69, 9.17) is 10.7 Å². The van der Waals surface area contributed by atoms with E-state index in [1.54, 1.807) is 0 Å². The molecule has 1 heterocycles. The van der Waals surface area contributed by atoms with Crippen molar-refractivity contribution in [3.05, 3.63) is 120 Å². The Balaban J connectivity index is 1.40. The van der Waals surface area contributed by atoms with Gasteiger partial charge in [0, 0.05) is 22.9 Å². The molecule has 0 fully saturated rings. The largest absolute Gasteiger partial charge is 0.399 e. The van der Waals surface area contributed by atoms with Crippen LogP contribution in [0.15, 0.2) is 103 Å². The molecule has 0 saturated carbocycles. The minimum Gasteiger partial charge on any atom is -0.399 e. The van der Waals surface area contributed by atoms with Gasteiger partial charge in [0.15, 0.2) is 0 Å². The summed E-state index contributed by atoms with van der Waals surface area (Å²) in [4.78, 5) is 4.77. The Labute approximate surface area is 239 Å². The van der Waals surface area contributed by atoms with E-state index in [1.165, 1.54) is 88.0 Å². The molecule has 194 valence electrons. The molecule has 0 atom stereocenters. The van der Waals surface area contributed by atoms with E-state index < -0.39 is 0 Å². The average molecular weight is 525 g/mol. The normalized spacial score (nSPS) is 14.0. The van der Waals surface area contributed by atoms with Crippen LogP contribution in [0.2, 0.25) is 0 Å². The maximum absolute atomic E-state index is 6.43. The summed E-state index contributed by atoms with van der Waals surface area (Å²) in [5.41, 5.74) is 21.2. The van der Waals surface area contributed by atoms with Gasteiger partial charge in [0.25, 0.3) is 0 Å². The van der Waals surface area contributed by atoms with Gasteiger partial charge in [-0.05, 0) is 126 Å². The smallest absolute Gasteiger partial charge is 0.0745 e. The highest BCUT2D eigenvalue weighted by atomic mass is 14.7. The molecule has 2 aliphatic rings. The van der Waals surface area contributed by atoms with Crippen LogP contribution in [0, 0.1) is 6.92 Å². The molecule has 9 rings (SSSR count). The SMILES string of the molecule is Cc1ccc2c3c(cc4c5ccc(N)cc5c(-c5ccc6c(c5)C(C)(C)c5cccnc5-6)cc24)-c2ccccc2-c13. The Morgan fingerprint density at radius 1 is 0.585 bits per heavy atom. The molecule has 0 radical (unpaired) electrons. The first-order valence-corrected chi connectivity index (χ1v) is 14.3. The Hall–Kier alpha value is -4.95. The third kappa shape index (κ3) is 2.84. The van der Waals surface area contributed by atoms with Crippen LogP contribution in [0.25, 0.3) is 77.0 Å². The van der Waals surface area contributed by atoms with E-state index in [9.17, 15) is 0 Å². The second-order valence-corrected chi connectivity index (χ2v) is 12.3. The van der Waals surface area contributed by atoms with E-state index in [1.807, 2.05) is 18.3 Å². The Morgan fingerprint density at radius 3 is 2.24 bits per heavy atom. The van der Waals surface area contributed by atoms with Crippen molar-refractivity contribution >= 4 is 38.0 Å². The lowest BCUT2D eigenvalue weighted by atomic mass is 9.81. The minimum atomic E-state index is -0.112. The summed E-state index contributed by atoms with van der Waals surface area (Å²) in [5.74, 6) is 0. The number of aromatic nitrogens is 1. The summed E-state index contributed by atoms with van der Waals surface area (Å²) in [6, 6.07) is 35.9. The van der Waals surface area contributed by atoms with Crippen LogP contribution >= 0.6 is 0 Å². The predicted molar refractivity (Wildman–Crippen MR) is 173 cm³/mol. The molecule has 0 bridgehead atoms. The molecular weight excluding hydrogens is 496 g/mol. The van der Waals surface area contributed by atoms with Gasteiger partial charge in [-0.3, -0.25) is 4.98 Å². The zero-order valence-electron chi connectivity index (χ0n) is 23.3. The Morgan fingerprint density at radius 2 is 1.37 bits per heavy atom. The number of hydrogen-bond acceptors (Lipinski definition) is 2. The van der Waals surface area contributed by atoms with Gasteiger partial charge in [0.1, 0.15) is 0 Å². The van der Waals surface area contributed by atoms with Crippen molar-refractivity contribution in [2.45, 2.75) is 26.2 Å². The number of nitrogens with two attached hydrogens (primary N) is 1. The zero-order valence-corrected chi connectivity index (χ0v) is 23.3. The van der Waals surface area contributed by atoms with Crippen molar-refractivity contribution in [3.63, 3.8) is 0 Å². The number of fused-ring (bicyclic) bond motifs is 10. The fraction of sp³-hybridized carbons (Fsp3) is 0.103. The molecule has 0 saturated heterocycles. The summed E-state index contributed by atoms with van der Waals surface area (Å²) < 4.78 is 0. The molecule has 41 heavy (non-hydrogen) atoms. The molecule has 1 aromatic heterocycles. The van der Waals surface area contributed by atoms with Crippen molar-refractivity contribution in [2.75, 3.05) is 5.73 Å². The molecule has 0 aliphatic heterocycles. The van der Waals surface area contributed by atoms with E-state index in [0.29, 0.717) is 0 Å². The zero-order chi connectivity index (χ0) is 27.6. The maximum Gasteiger partial charge on any atom is 0.0745 e. The fourth-order valence-electron chi connectivity index (χ4n) is 7.71. The molecule has 2 heteroatoms. The van der Waals surface area contributed by atoms with Crippen LogP contribution in [0.5, 0.6) is 0 Å². The highest BCUT2D eigenvalue weighted by Crippen LogP contribution is 2.53. The maximum atomic E-state index is 6.43. The first-order valence-electron chi connectivity index (χ1n) is 14.3. The summed E-state index contributed by atoms with van der Waals surface area (Å²) >= 11 is 0. The van der Waals surface area contributed by atoms with E-state index >= 15 is 0 Å². The van der Waals surface area contributed by atoms with Crippen molar-refractivity contribution in [1.29, 1.82) is 0 Å². The number of benzene rings is 6. The molecule has 0 spiro atoms. The molecule has 0 unspecified atom stereocenters. The van der Waals surface area contributed by atoms with Crippen molar-refractivity contribution < 1.29 is 0 Å². The van der Waals surface area contributed by atoms with Gasteiger partial charge in [0.2, 0.25) is 0 Å². The molecule has 7 aromatic rings. The summed E-state index contributed by atoms with van der Waals surface area (Å²) in [5, 5.41) is 7.67. The average Bonchev–Trinajstić information content (AvgIpc) is 3.44. The molecule has 2 aliphatic carbocycles. The number of rotatable bonds is 1. The van der Waals surface area contributed by atoms with E-state index in [2.05, 4.69) is 106 Å². The number of nitrogen functional groups attached to an aromatic ring is 1. The minimum absolute atomic E-state index is 0.112.